The number of hydrogen-bond donors (Lipinski definition) is 0. The van der Waals surface area contributed by atoms with Crippen LogP contribution in [0.3, 0.4) is 0 Å². The second-order valence-corrected chi connectivity index (χ2v) is 3.50. The Bertz CT molecular complexity index is 474. The third-order valence-corrected chi connectivity index (χ3v) is 2.49. The van der Waals surface area contributed by atoms with Gasteiger partial charge in [0, 0.05) is 18.1 Å². The Balaban J connectivity index is 2.50. The van der Waals surface area contributed by atoms with Crippen LogP contribution in [0, 0.1) is 13.8 Å². The van der Waals surface area contributed by atoms with E-state index in [2.05, 4.69) is 16.5 Å². The minimum absolute atomic E-state index is 0.883. The number of ether oxygens (including phenoxy) is 1. The van der Waals surface area contributed by atoms with E-state index in [4.69, 9.17) is 4.74 Å². The van der Waals surface area contributed by atoms with Crippen molar-refractivity contribution < 1.29 is 4.74 Å². The first kappa shape index (κ1) is 9.77. The highest BCUT2D eigenvalue weighted by Gasteiger charge is 2.04. The van der Waals surface area contributed by atoms with Gasteiger partial charge in [-0.3, -0.25) is 0 Å². The van der Waals surface area contributed by atoms with Crippen molar-refractivity contribution in [1.29, 1.82) is 0 Å². The predicted molar refractivity (Wildman–Crippen MR) is 59.6 cm³/mol. The van der Waals surface area contributed by atoms with Crippen molar-refractivity contribution in [3.05, 3.63) is 42.0 Å². The molecule has 78 valence electrons. The van der Waals surface area contributed by atoms with E-state index >= 15 is 0 Å². The summed E-state index contributed by atoms with van der Waals surface area (Å²) in [7, 11) is 1.68. The highest BCUT2D eigenvalue weighted by Crippen LogP contribution is 2.20. The molecule has 1 aromatic carbocycles. The third-order valence-electron chi connectivity index (χ3n) is 2.49. The van der Waals surface area contributed by atoms with Crippen molar-refractivity contribution in [2.45, 2.75) is 13.8 Å². The summed E-state index contributed by atoms with van der Waals surface area (Å²) >= 11 is 0. The molecule has 0 fully saturated rings. The summed E-state index contributed by atoms with van der Waals surface area (Å²) in [4.78, 5) is 4.21. The second-order valence-electron chi connectivity index (χ2n) is 3.50. The van der Waals surface area contributed by atoms with Gasteiger partial charge in [0.1, 0.15) is 11.6 Å². The van der Waals surface area contributed by atoms with Crippen molar-refractivity contribution in [3.8, 4) is 11.4 Å². The number of imidazole rings is 1. The number of methoxy groups -OCH3 is 1. The zero-order valence-electron chi connectivity index (χ0n) is 9.19. The Kier molecular flexibility index (Phi) is 2.46. The number of nitrogens with zero attached hydrogens (tertiary/aromatic N) is 2. The molecule has 0 radical (unpaired) electrons. The van der Waals surface area contributed by atoms with Gasteiger partial charge in [-0.1, -0.05) is 0 Å². The fourth-order valence-corrected chi connectivity index (χ4v) is 1.66. The molecule has 0 spiro atoms. The van der Waals surface area contributed by atoms with Crippen LogP contribution in [0.2, 0.25) is 0 Å². The molecule has 3 heteroatoms. The van der Waals surface area contributed by atoms with Crippen LogP contribution in [0.15, 0.2) is 30.6 Å². The van der Waals surface area contributed by atoms with E-state index in [1.54, 1.807) is 13.3 Å². The standard InChI is InChI=1S/C12H14N2O/c1-9-8-11(15-3)4-5-12(9)14-7-6-13-10(14)2/h4-8H,1-3H3. The van der Waals surface area contributed by atoms with E-state index in [1.807, 2.05) is 31.3 Å². The fourth-order valence-electron chi connectivity index (χ4n) is 1.66. The van der Waals surface area contributed by atoms with Crippen molar-refractivity contribution in [1.82, 2.24) is 9.55 Å². The Morgan fingerprint density at radius 2 is 2.07 bits per heavy atom. The molecule has 0 amide bonds. The number of hydrogen-bond acceptors (Lipinski definition) is 2. The lowest BCUT2D eigenvalue weighted by Crippen LogP contribution is -1.98. The molecule has 1 aromatic heterocycles. The molecule has 0 bridgehead atoms. The Labute approximate surface area is 89.3 Å². The summed E-state index contributed by atoms with van der Waals surface area (Å²) in [6, 6.07) is 6.03. The monoisotopic (exact) mass is 202 g/mol. The van der Waals surface area contributed by atoms with Crippen LogP contribution in [0.25, 0.3) is 5.69 Å². The maximum absolute atomic E-state index is 5.17. The largest absolute Gasteiger partial charge is 0.497 e. The quantitative estimate of drug-likeness (QED) is 0.748. The average molecular weight is 202 g/mol. The minimum Gasteiger partial charge on any atom is -0.497 e. The van der Waals surface area contributed by atoms with Gasteiger partial charge in [-0.05, 0) is 37.6 Å². The van der Waals surface area contributed by atoms with E-state index < -0.39 is 0 Å². The summed E-state index contributed by atoms with van der Waals surface area (Å²) < 4.78 is 7.24. The molecule has 1 heterocycles. The first-order chi connectivity index (χ1) is 7.22. The fraction of sp³-hybridized carbons (Fsp3) is 0.250. The van der Waals surface area contributed by atoms with Crippen molar-refractivity contribution in [3.63, 3.8) is 0 Å². The zero-order chi connectivity index (χ0) is 10.8. The number of rotatable bonds is 2. The smallest absolute Gasteiger partial charge is 0.119 e. The highest BCUT2D eigenvalue weighted by molar-refractivity contribution is 5.45. The number of aryl methyl sites for hydroxylation is 2. The average Bonchev–Trinajstić information content (AvgIpc) is 2.64. The minimum atomic E-state index is 0.883. The number of aromatic nitrogens is 2. The SMILES string of the molecule is COc1ccc(-n2ccnc2C)c(C)c1. The first-order valence-electron chi connectivity index (χ1n) is 4.87. The summed E-state index contributed by atoms with van der Waals surface area (Å²) in [5, 5.41) is 0. The lowest BCUT2D eigenvalue weighted by atomic mass is 10.2. The van der Waals surface area contributed by atoms with Gasteiger partial charge < -0.3 is 9.30 Å². The van der Waals surface area contributed by atoms with Crippen LogP contribution in [-0.2, 0) is 0 Å². The summed E-state index contributed by atoms with van der Waals surface area (Å²) in [6.45, 7) is 4.06. The molecule has 3 nitrogen and oxygen atoms in total. The molecule has 0 saturated carbocycles. The van der Waals surface area contributed by atoms with E-state index in [1.165, 1.54) is 5.56 Å². The Morgan fingerprint density at radius 1 is 1.27 bits per heavy atom. The molecule has 0 saturated heterocycles. The van der Waals surface area contributed by atoms with E-state index in [0.29, 0.717) is 0 Å². The third kappa shape index (κ3) is 1.73. The van der Waals surface area contributed by atoms with Gasteiger partial charge in [0.25, 0.3) is 0 Å². The molecule has 0 N–H and O–H groups in total. The Morgan fingerprint density at radius 3 is 2.60 bits per heavy atom. The maximum atomic E-state index is 5.17. The molecular weight excluding hydrogens is 188 g/mol. The topological polar surface area (TPSA) is 27.1 Å². The molecule has 15 heavy (non-hydrogen) atoms. The van der Waals surface area contributed by atoms with E-state index in [9.17, 15) is 0 Å². The number of benzene rings is 1. The van der Waals surface area contributed by atoms with Crippen LogP contribution in [0.1, 0.15) is 11.4 Å². The Hall–Kier alpha value is -1.77. The van der Waals surface area contributed by atoms with Gasteiger partial charge in [-0.25, -0.2) is 4.98 Å². The van der Waals surface area contributed by atoms with Gasteiger partial charge in [0.05, 0.1) is 7.11 Å². The molecule has 0 aliphatic carbocycles. The summed E-state index contributed by atoms with van der Waals surface area (Å²) in [5.41, 5.74) is 2.32. The predicted octanol–water partition coefficient (Wildman–Crippen LogP) is 2.50. The van der Waals surface area contributed by atoms with Gasteiger partial charge in [-0.2, -0.15) is 0 Å². The van der Waals surface area contributed by atoms with Crippen LogP contribution >= 0.6 is 0 Å². The molecule has 0 unspecified atom stereocenters. The normalized spacial score (nSPS) is 10.3. The molecule has 2 rings (SSSR count). The van der Waals surface area contributed by atoms with Crippen LogP contribution < -0.4 is 4.74 Å². The summed E-state index contributed by atoms with van der Waals surface area (Å²) in [6.07, 6.45) is 3.77. The summed E-state index contributed by atoms with van der Waals surface area (Å²) in [5.74, 6) is 1.87. The molecule has 2 aromatic rings. The van der Waals surface area contributed by atoms with Gasteiger partial charge >= 0.3 is 0 Å². The first-order valence-corrected chi connectivity index (χ1v) is 4.87. The molecule has 0 aliphatic heterocycles. The van der Waals surface area contributed by atoms with Gasteiger partial charge in [0.2, 0.25) is 0 Å². The molecular formula is C12H14N2O. The van der Waals surface area contributed by atoms with Crippen molar-refractivity contribution in [2.24, 2.45) is 0 Å². The van der Waals surface area contributed by atoms with Crippen LogP contribution in [-0.4, -0.2) is 16.7 Å². The zero-order valence-corrected chi connectivity index (χ0v) is 9.19. The van der Waals surface area contributed by atoms with E-state index in [0.717, 1.165) is 17.3 Å². The van der Waals surface area contributed by atoms with Gasteiger partial charge in [-0.15, -0.1) is 0 Å². The van der Waals surface area contributed by atoms with Crippen LogP contribution in [0.5, 0.6) is 5.75 Å². The maximum Gasteiger partial charge on any atom is 0.119 e. The van der Waals surface area contributed by atoms with Crippen LogP contribution in [0.4, 0.5) is 0 Å². The highest BCUT2D eigenvalue weighted by atomic mass is 16.5. The van der Waals surface area contributed by atoms with Crippen molar-refractivity contribution >= 4 is 0 Å². The molecule has 0 atom stereocenters. The van der Waals surface area contributed by atoms with Gasteiger partial charge in [0.15, 0.2) is 0 Å². The molecule has 0 aliphatic rings. The second kappa shape index (κ2) is 3.77. The van der Waals surface area contributed by atoms with Crippen molar-refractivity contribution in [2.75, 3.05) is 7.11 Å². The lowest BCUT2D eigenvalue weighted by Gasteiger charge is -2.10. The van der Waals surface area contributed by atoms with E-state index in [-0.39, 0.29) is 0 Å². The lowest BCUT2D eigenvalue weighted by molar-refractivity contribution is 0.414.